The molecule has 10 atom stereocenters. The van der Waals surface area contributed by atoms with Gasteiger partial charge in [-0.15, -0.1) is 0 Å². The van der Waals surface area contributed by atoms with Crippen LogP contribution >= 0.6 is 0 Å². The van der Waals surface area contributed by atoms with Crippen LogP contribution in [0.5, 0.6) is 0 Å². The van der Waals surface area contributed by atoms with Gasteiger partial charge in [-0.05, 0) is 0 Å². The smallest absolute Gasteiger partial charge is 0.394 e. The van der Waals surface area contributed by atoms with Crippen LogP contribution in [0.2, 0.25) is 0 Å². The zero-order chi connectivity index (χ0) is 22.4. The van der Waals surface area contributed by atoms with Crippen LogP contribution < -0.4 is 0 Å². The Morgan fingerprint density at radius 2 is 1.00 bits per heavy atom. The van der Waals surface area contributed by atoms with Crippen LogP contribution in [0, 0.1) is 0 Å². The van der Waals surface area contributed by atoms with Gasteiger partial charge in [0, 0.05) is 0 Å². The third-order valence-electron chi connectivity index (χ3n) is 4.30. The van der Waals surface area contributed by atoms with Gasteiger partial charge in [0.15, 0.2) is 12.2 Å². The molecule has 0 amide bonds. The summed E-state index contributed by atoms with van der Waals surface area (Å²) in [5, 5.41) is 96.3. The summed E-state index contributed by atoms with van der Waals surface area (Å²) in [5.74, 6) is -7.29. The van der Waals surface area contributed by atoms with Gasteiger partial charge in [0.1, 0.15) is 36.6 Å². The molecule has 2 aliphatic rings. The van der Waals surface area contributed by atoms with E-state index in [2.05, 4.69) is 17.8 Å². The third kappa shape index (κ3) is 4.69. The molecule has 10 N–H and O–H groups in total. The second-order valence-electron chi connectivity index (χ2n) is 6.37. The predicted octanol–water partition coefficient (Wildman–Crippen LogP) is -7.50. The number of aliphatic hydroxyl groups excluding tert-OH is 8. The predicted molar refractivity (Wildman–Crippen MR) is 80.9 cm³/mol. The van der Waals surface area contributed by atoms with Crippen molar-refractivity contribution in [2.75, 3.05) is 13.2 Å². The Bertz CT molecular complexity index is 619. The molecule has 0 saturated carbocycles. The zero-order valence-corrected chi connectivity index (χ0v) is 15.2. The molecular formula is C12H22O16S. The second-order valence-corrected chi connectivity index (χ2v) is 7.52. The summed E-state index contributed by atoms with van der Waals surface area (Å²) in [7, 11) is -5.73. The highest BCUT2D eigenvalue weighted by Gasteiger charge is 2.60. The van der Waals surface area contributed by atoms with E-state index >= 15 is 0 Å². The molecule has 2 heterocycles. The summed E-state index contributed by atoms with van der Waals surface area (Å²) >= 11 is 0. The minimum Gasteiger partial charge on any atom is -0.394 e. The van der Waals surface area contributed by atoms with Crippen LogP contribution in [0.1, 0.15) is 0 Å². The van der Waals surface area contributed by atoms with Crippen LogP contribution in [0.4, 0.5) is 0 Å². The Kier molecular flexibility index (Phi) is 7.22. The van der Waals surface area contributed by atoms with E-state index in [9.17, 15) is 49.3 Å². The molecule has 0 spiro atoms. The summed E-state index contributed by atoms with van der Waals surface area (Å²) in [6.07, 6.45) is -17.4. The van der Waals surface area contributed by atoms with Crippen molar-refractivity contribution >= 4 is 10.4 Å². The summed E-state index contributed by atoms with van der Waals surface area (Å²) in [6, 6.07) is 0. The normalized spacial score (nSPS) is 49.2. The molecule has 0 radical (unpaired) electrons. The number of hydrogen-bond acceptors (Lipinski definition) is 16. The van der Waals surface area contributed by atoms with Crippen LogP contribution in [0.15, 0.2) is 0 Å². The Labute approximate surface area is 162 Å². The maximum atomic E-state index is 12.1. The van der Waals surface area contributed by atoms with Gasteiger partial charge >= 0.3 is 22.3 Å². The Morgan fingerprint density at radius 3 is 1.28 bits per heavy atom. The van der Waals surface area contributed by atoms with Crippen LogP contribution in [-0.2, 0) is 28.2 Å². The van der Waals surface area contributed by atoms with Crippen molar-refractivity contribution in [3.63, 3.8) is 0 Å². The van der Waals surface area contributed by atoms with Crippen LogP contribution in [0.3, 0.4) is 0 Å². The molecule has 10 unspecified atom stereocenters. The summed E-state index contributed by atoms with van der Waals surface area (Å²) < 4.78 is 41.4. The lowest BCUT2D eigenvalue weighted by molar-refractivity contribution is -0.438. The van der Waals surface area contributed by atoms with Crippen molar-refractivity contribution in [1.29, 1.82) is 0 Å². The number of ether oxygens (including phenoxy) is 2. The fourth-order valence-corrected chi connectivity index (χ4v) is 3.59. The largest absolute Gasteiger partial charge is 0.409 e. The Balaban J connectivity index is 2.24. The molecule has 0 aromatic heterocycles. The van der Waals surface area contributed by atoms with E-state index in [1.165, 1.54) is 0 Å². The number of rotatable bonds is 6. The van der Waals surface area contributed by atoms with E-state index in [0.717, 1.165) is 0 Å². The maximum absolute atomic E-state index is 12.1. The first kappa shape index (κ1) is 24.7. The van der Waals surface area contributed by atoms with Gasteiger partial charge < -0.3 is 60.5 Å². The van der Waals surface area contributed by atoms with Crippen molar-refractivity contribution in [2.45, 2.75) is 60.8 Å². The topological polar surface area (TPSA) is 273 Å². The lowest BCUT2D eigenvalue weighted by Gasteiger charge is -2.45. The van der Waals surface area contributed by atoms with Gasteiger partial charge in [-0.1, -0.05) is 0 Å². The summed E-state index contributed by atoms with van der Waals surface area (Å²) in [5.41, 5.74) is 0. The molecule has 2 rings (SSSR count). The van der Waals surface area contributed by atoms with Crippen molar-refractivity contribution in [3.05, 3.63) is 0 Å². The van der Waals surface area contributed by atoms with Crippen molar-refractivity contribution in [3.8, 4) is 0 Å². The highest BCUT2D eigenvalue weighted by molar-refractivity contribution is 7.81. The minimum absolute atomic E-state index is 1.06. The molecule has 2 saturated heterocycles. The SMILES string of the molecule is O=S(=O)(OC1(O)OC(CO)C(O)C(O)C1O)OC1(O)OC(CO)C(O)C(O)C1O. The number of aliphatic hydroxyl groups is 10. The maximum Gasteiger partial charge on any atom is 0.409 e. The molecule has 29 heavy (non-hydrogen) atoms. The van der Waals surface area contributed by atoms with E-state index in [0.29, 0.717) is 0 Å². The van der Waals surface area contributed by atoms with Gasteiger partial charge in [-0.25, -0.2) is 0 Å². The van der Waals surface area contributed by atoms with E-state index in [4.69, 9.17) is 10.2 Å². The monoisotopic (exact) mass is 454 g/mol. The first-order valence-corrected chi connectivity index (χ1v) is 9.31. The molecule has 17 heteroatoms. The molecule has 16 nitrogen and oxygen atoms in total. The highest BCUT2D eigenvalue weighted by Crippen LogP contribution is 2.34. The Hall–Kier alpha value is -0.610. The first-order valence-electron chi connectivity index (χ1n) is 7.98. The molecule has 0 aliphatic carbocycles. The van der Waals surface area contributed by atoms with E-state index in [1.807, 2.05) is 0 Å². The van der Waals surface area contributed by atoms with E-state index < -0.39 is 84.4 Å². The molecule has 0 bridgehead atoms. The molecule has 2 aliphatic heterocycles. The third-order valence-corrected chi connectivity index (χ3v) is 5.19. The molecule has 2 fully saturated rings. The van der Waals surface area contributed by atoms with Crippen molar-refractivity contribution < 1.29 is 77.3 Å². The average Bonchev–Trinajstić information content (AvgIpc) is 2.63. The molecular weight excluding hydrogens is 432 g/mol. The standard InChI is InChI=1S/C12H22O16S/c13-1-3-5(15)7(17)9(19)11(21,25-3)27-29(23,24)28-12(22)10(20)8(18)6(16)4(2-14)26-12/h3-10,13-22H,1-2H2. The number of hydrogen-bond donors (Lipinski definition) is 10. The van der Waals surface area contributed by atoms with E-state index in [-0.39, 0.29) is 0 Å². The second kappa shape index (κ2) is 8.49. The fraction of sp³-hybridized carbons (Fsp3) is 1.00. The molecule has 0 aromatic rings. The fourth-order valence-electron chi connectivity index (χ4n) is 2.70. The van der Waals surface area contributed by atoms with Crippen LogP contribution in [-0.4, -0.2) is 133 Å². The first-order chi connectivity index (χ1) is 13.2. The summed E-state index contributed by atoms with van der Waals surface area (Å²) in [4.78, 5) is 0. The van der Waals surface area contributed by atoms with Gasteiger partial charge in [-0.2, -0.15) is 16.8 Å². The minimum atomic E-state index is -5.73. The average molecular weight is 454 g/mol. The summed E-state index contributed by atoms with van der Waals surface area (Å²) in [6.45, 7) is -2.13. The lowest BCUT2D eigenvalue weighted by Crippen LogP contribution is -2.68. The van der Waals surface area contributed by atoms with Gasteiger partial charge in [0.05, 0.1) is 13.2 Å². The van der Waals surface area contributed by atoms with Crippen molar-refractivity contribution in [1.82, 2.24) is 0 Å². The quantitative estimate of drug-likeness (QED) is 0.167. The van der Waals surface area contributed by atoms with Gasteiger partial charge in [0.25, 0.3) is 0 Å². The van der Waals surface area contributed by atoms with Crippen LogP contribution in [0.25, 0.3) is 0 Å². The highest BCUT2D eigenvalue weighted by atomic mass is 32.3. The van der Waals surface area contributed by atoms with E-state index in [1.54, 1.807) is 0 Å². The van der Waals surface area contributed by atoms with Crippen molar-refractivity contribution in [2.24, 2.45) is 0 Å². The molecule has 172 valence electrons. The van der Waals surface area contributed by atoms with Gasteiger partial charge in [-0.3, -0.25) is 0 Å². The van der Waals surface area contributed by atoms with Gasteiger partial charge in [0.2, 0.25) is 0 Å². The lowest BCUT2D eigenvalue weighted by atomic mass is 9.98. The zero-order valence-electron chi connectivity index (χ0n) is 14.4. The Morgan fingerprint density at radius 1 is 0.690 bits per heavy atom. The molecule has 0 aromatic carbocycles.